The van der Waals surface area contributed by atoms with Gasteiger partial charge in [0.25, 0.3) is 0 Å². The molecule has 0 unspecified atom stereocenters. The van der Waals surface area contributed by atoms with E-state index in [9.17, 15) is 0 Å². The molecule has 0 nitrogen and oxygen atoms in total. The Morgan fingerprint density at radius 2 is 1.40 bits per heavy atom. The molecule has 0 fully saturated rings. The Bertz CT molecular complexity index is 239. The summed E-state index contributed by atoms with van der Waals surface area (Å²) in [7, 11) is 0. The van der Waals surface area contributed by atoms with Crippen molar-refractivity contribution < 1.29 is 2.85 Å². The van der Waals surface area contributed by atoms with Crippen LogP contribution in [0.1, 0.15) is 46.9 Å². The third-order valence-corrected chi connectivity index (χ3v) is 3.17. The Morgan fingerprint density at radius 3 is 2.07 bits per heavy atom. The minimum Gasteiger partial charge on any atom is -1.00 e. The molecule has 82 valence electrons. The summed E-state index contributed by atoms with van der Waals surface area (Å²) in [5.74, 6) is 0. The maximum atomic E-state index is 2.80. The summed E-state index contributed by atoms with van der Waals surface area (Å²) in [4.78, 5) is 0. The minimum absolute atomic E-state index is 0. The first-order valence-corrected chi connectivity index (χ1v) is 6.99. The molecule has 1 aromatic rings. The number of aryl methyl sites for hydroxylation is 1. The molecule has 0 atom stereocenters. The van der Waals surface area contributed by atoms with Crippen LogP contribution in [0.5, 0.6) is 0 Å². The van der Waals surface area contributed by atoms with Gasteiger partial charge in [0, 0.05) is 0 Å². The maximum absolute atomic E-state index is 2.80. The largest absolute Gasteiger partial charge is 1.00 e. The normalized spacial score (nSPS) is 10.5. The van der Waals surface area contributed by atoms with E-state index in [2.05, 4.69) is 46.6 Å². The molecule has 15 heavy (non-hydrogen) atoms. The summed E-state index contributed by atoms with van der Waals surface area (Å²) in [6.45, 7) is 0. The van der Waals surface area contributed by atoms with Gasteiger partial charge in [-0.05, 0) is 0 Å². The van der Waals surface area contributed by atoms with Crippen molar-refractivity contribution in [2.24, 2.45) is 0 Å². The van der Waals surface area contributed by atoms with Gasteiger partial charge in [-0.2, -0.15) is 0 Å². The number of unbranched alkanes of at least 4 members (excludes halogenated alkanes) is 5. The molecule has 0 aliphatic heterocycles. The van der Waals surface area contributed by atoms with Crippen molar-refractivity contribution in [3.8, 4) is 0 Å². The molecule has 0 aliphatic carbocycles. The molecule has 1 aromatic carbocycles. The Labute approximate surface area is 105 Å². The van der Waals surface area contributed by atoms with E-state index in [1.807, 2.05) is 0 Å². The quantitative estimate of drug-likeness (QED) is 0.448. The molecule has 1 heteroatoms. The molecule has 0 bridgehead atoms. The van der Waals surface area contributed by atoms with Crippen molar-refractivity contribution in [3.63, 3.8) is 0 Å². The Kier molecular flexibility index (Phi) is 7.70. The maximum Gasteiger partial charge on any atom is -1.00 e. The molecule has 0 spiro atoms. The van der Waals surface area contributed by atoms with Crippen molar-refractivity contribution in [3.05, 3.63) is 35.9 Å². The zero-order valence-corrected chi connectivity index (χ0v) is 10.8. The number of hydrogen-bond donors (Lipinski definition) is 0. The van der Waals surface area contributed by atoms with E-state index in [0.29, 0.717) is 0 Å². The van der Waals surface area contributed by atoms with Gasteiger partial charge in [-0.25, -0.2) is 0 Å². The van der Waals surface area contributed by atoms with Crippen LogP contribution in [0.4, 0.5) is 0 Å². The van der Waals surface area contributed by atoms with Crippen molar-refractivity contribution >= 4 is 16.3 Å². The summed E-state index contributed by atoms with van der Waals surface area (Å²) < 4.78 is 0. The van der Waals surface area contributed by atoms with E-state index in [0.717, 1.165) is 0 Å². The predicted molar refractivity (Wildman–Crippen MR) is 70.6 cm³/mol. The van der Waals surface area contributed by atoms with Crippen LogP contribution < -0.4 is 0 Å². The first-order valence-electron chi connectivity index (χ1n) is 6.17. The number of hydrogen-bond acceptors (Lipinski definition) is 0. The predicted octanol–water partition coefficient (Wildman–Crippen LogP) is 4.38. The molecule has 0 aromatic heterocycles. The van der Waals surface area contributed by atoms with Gasteiger partial charge in [0.05, 0.1) is 0 Å². The monoisotopic (exact) mass is 218 g/mol. The third-order valence-electron chi connectivity index (χ3n) is 2.76. The average molecular weight is 218 g/mol. The Balaban J connectivity index is 0. The van der Waals surface area contributed by atoms with Crippen molar-refractivity contribution in [2.75, 3.05) is 0 Å². The van der Waals surface area contributed by atoms with Gasteiger partial charge in [-0.3, -0.25) is 0 Å². The zero-order chi connectivity index (χ0) is 10.8. The molecule has 0 saturated heterocycles. The molecular formula is C14H23Al. The Hall–Kier alpha value is -0.248. The van der Waals surface area contributed by atoms with Crippen LogP contribution in [-0.2, 0) is 6.42 Å². The van der Waals surface area contributed by atoms with Crippen LogP contribution >= 0.6 is 0 Å². The van der Waals surface area contributed by atoms with Crippen LogP contribution in [0.15, 0.2) is 30.3 Å². The molecule has 0 amide bonds. The molecule has 1 rings (SSSR count). The molecule has 0 radical (unpaired) electrons. The summed E-state index contributed by atoms with van der Waals surface area (Å²) in [5.41, 5.74) is 1.49. The number of benzene rings is 1. The van der Waals surface area contributed by atoms with E-state index >= 15 is 0 Å². The SMILES string of the molecule is [Al+2][CH2]CCCCCCCc1ccccc1.[H-].[H-]. The van der Waals surface area contributed by atoms with E-state index in [1.165, 1.54) is 55.8 Å². The summed E-state index contributed by atoms with van der Waals surface area (Å²) in [6.07, 6.45) is 9.62. The fraction of sp³-hybridized carbons (Fsp3) is 0.571. The fourth-order valence-electron chi connectivity index (χ4n) is 1.83. The van der Waals surface area contributed by atoms with Crippen molar-refractivity contribution in [1.29, 1.82) is 0 Å². The van der Waals surface area contributed by atoms with Gasteiger partial charge in [0.15, 0.2) is 0 Å². The van der Waals surface area contributed by atoms with Gasteiger partial charge in [-0.1, -0.05) is 0 Å². The standard InChI is InChI=1S/C14H21.Al.2H/c1-2-3-4-5-6-8-11-14-12-9-7-10-13-14;;;/h7,9-10,12-13H,1-6,8,11H2;;;/q;+2;2*-1. The molecule has 0 heterocycles. The molecule has 0 N–H and O–H groups in total. The van der Waals surface area contributed by atoms with Crippen molar-refractivity contribution in [2.45, 2.75) is 50.2 Å². The van der Waals surface area contributed by atoms with E-state index in [4.69, 9.17) is 0 Å². The second kappa shape index (κ2) is 9.01. The summed E-state index contributed by atoms with van der Waals surface area (Å²) in [5, 5.41) is 1.27. The fourth-order valence-corrected chi connectivity index (χ4v) is 2.11. The van der Waals surface area contributed by atoms with Crippen LogP contribution in [-0.4, -0.2) is 16.3 Å². The van der Waals surface area contributed by atoms with Crippen LogP contribution in [0, 0.1) is 0 Å². The summed E-state index contributed by atoms with van der Waals surface area (Å²) in [6, 6.07) is 10.8. The number of rotatable bonds is 8. The van der Waals surface area contributed by atoms with Gasteiger partial charge in [-0.15, -0.1) is 0 Å². The topological polar surface area (TPSA) is 0 Å². The second-order valence-electron chi connectivity index (χ2n) is 4.15. The third kappa shape index (κ3) is 6.77. The van der Waals surface area contributed by atoms with Gasteiger partial charge < -0.3 is 2.85 Å². The molecular weight excluding hydrogens is 195 g/mol. The van der Waals surface area contributed by atoms with Crippen LogP contribution in [0.3, 0.4) is 0 Å². The molecule has 0 saturated carbocycles. The Morgan fingerprint density at radius 1 is 0.800 bits per heavy atom. The van der Waals surface area contributed by atoms with E-state index in [-0.39, 0.29) is 2.85 Å². The van der Waals surface area contributed by atoms with E-state index in [1.54, 1.807) is 0 Å². The first kappa shape index (κ1) is 12.8. The zero-order valence-electron chi connectivity index (χ0n) is 11.6. The van der Waals surface area contributed by atoms with Crippen LogP contribution in [0.25, 0.3) is 0 Å². The van der Waals surface area contributed by atoms with E-state index < -0.39 is 0 Å². The van der Waals surface area contributed by atoms with Gasteiger partial charge >= 0.3 is 102 Å². The second-order valence-corrected chi connectivity index (χ2v) is 4.72. The summed E-state index contributed by atoms with van der Waals surface area (Å²) >= 11 is 2.80. The van der Waals surface area contributed by atoms with Crippen LogP contribution in [0.2, 0.25) is 5.28 Å². The molecule has 0 aliphatic rings. The van der Waals surface area contributed by atoms with Gasteiger partial charge in [0.1, 0.15) is 0 Å². The smallest absolute Gasteiger partial charge is 1.00 e. The van der Waals surface area contributed by atoms with Crippen molar-refractivity contribution in [1.82, 2.24) is 0 Å². The first-order chi connectivity index (χ1) is 7.43. The minimum atomic E-state index is 0. The average Bonchev–Trinajstić information content (AvgIpc) is 2.29. The van der Waals surface area contributed by atoms with Gasteiger partial charge in [0.2, 0.25) is 0 Å².